The zero-order chi connectivity index (χ0) is 13.6. The number of hydrogen-bond acceptors (Lipinski definition) is 6. The zero-order valence-corrected chi connectivity index (χ0v) is 9.61. The molecule has 0 aliphatic heterocycles. The van der Waals surface area contributed by atoms with E-state index >= 15 is 0 Å². The van der Waals surface area contributed by atoms with Gasteiger partial charge < -0.3 is 20.6 Å². The van der Waals surface area contributed by atoms with Crippen LogP contribution in [0.4, 0.5) is 0 Å². The quantitative estimate of drug-likeness (QED) is 0.432. The van der Waals surface area contributed by atoms with Crippen molar-refractivity contribution in [1.29, 1.82) is 0 Å². The van der Waals surface area contributed by atoms with Crippen LogP contribution in [0.1, 0.15) is 0 Å². The van der Waals surface area contributed by atoms with Crippen LogP contribution < -0.4 is 11.0 Å². The first kappa shape index (κ1) is 14.3. The van der Waals surface area contributed by atoms with Gasteiger partial charge in [0.05, 0.1) is 19.8 Å². The molecule has 0 aromatic carbocycles. The van der Waals surface area contributed by atoms with Gasteiger partial charge in [-0.1, -0.05) is 0 Å². The summed E-state index contributed by atoms with van der Waals surface area (Å²) in [4.78, 5) is 26.3. The highest BCUT2D eigenvalue weighted by molar-refractivity contribution is 5.76. The third-order valence-corrected chi connectivity index (χ3v) is 2.41. The van der Waals surface area contributed by atoms with Crippen LogP contribution in [0.15, 0.2) is 23.3 Å². The van der Waals surface area contributed by atoms with Crippen LogP contribution in [0.2, 0.25) is 0 Å². The van der Waals surface area contributed by atoms with E-state index in [0.717, 1.165) is 4.57 Å². The van der Waals surface area contributed by atoms with E-state index in [-0.39, 0.29) is 6.54 Å². The van der Waals surface area contributed by atoms with Gasteiger partial charge in [-0.05, 0) is 6.07 Å². The van der Waals surface area contributed by atoms with E-state index in [0.29, 0.717) is 0 Å². The normalized spacial score (nSPS) is 11.3. The minimum absolute atomic E-state index is 0.311. The monoisotopic (exact) mass is 257 g/mol. The van der Waals surface area contributed by atoms with Crippen LogP contribution in [0.25, 0.3) is 0 Å². The van der Waals surface area contributed by atoms with Crippen molar-refractivity contribution in [2.75, 3.05) is 19.8 Å². The maximum Gasteiger partial charge on any atom is 0.347 e. The molecule has 1 aromatic heterocycles. The topological polar surface area (TPSA) is 125 Å². The predicted octanol–water partition coefficient (Wildman–Crippen LogP) is -2.92. The first-order valence-electron chi connectivity index (χ1n) is 5.22. The molecule has 0 aliphatic rings. The molecule has 8 nitrogen and oxygen atoms in total. The molecule has 0 unspecified atom stereocenters. The molecule has 1 rings (SSSR count). The largest absolute Gasteiger partial charge is 0.394 e. The first-order valence-corrected chi connectivity index (χ1v) is 5.22. The summed E-state index contributed by atoms with van der Waals surface area (Å²) >= 11 is 0. The fourth-order valence-corrected chi connectivity index (χ4v) is 1.27. The average Bonchev–Trinajstić information content (AvgIpc) is 2.39. The summed E-state index contributed by atoms with van der Waals surface area (Å²) in [5.41, 5.74) is -2.08. The van der Waals surface area contributed by atoms with Gasteiger partial charge in [-0.15, -0.1) is 0 Å². The summed E-state index contributed by atoms with van der Waals surface area (Å²) in [6, 6.07) is 1.49. The van der Waals surface area contributed by atoms with E-state index in [1.807, 2.05) is 0 Å². The van der Waals surface area contributed by atoms with Crippen molar-refractivity contribution in [2.45, 2.75) is 12.1 Å². The number of nitrogens with one attached hydrogen (secondary N) is 1. The Hall–Kier alpha value is -1.77. The summed E-state index contributed by atoms with van der Waals surface area (Å²) < 4.78 is 1.06. The maximum atomic E-state index is 11.6. The summed E-state index contributed by atoms with van der Waals surface area (Å²) in [5.74, 6) is -0.623. The highest BCUT2D eigenvalue weighted by Crippen LogP contribution is 2.01. The van der Waals surface area contributed by atoms with Gasteiger partial charge in [0.25, 0.3) is 0 Å². The lowest BCUT2D eigenvalue weighted by Gasteiger charge is -2.28. The Kier molecular flexibility index (Phi) is 4.95. The van der Waals surface area contributed by atoms with Crippen molar-refractivity contribution >= 4 is 5.91 Å². The number of carbonyl (C=O) groups excluding carboxylic acids is 1. The van der Waals surface area contributed by atoms with Crippen LogP contribution in [0.3, 0.4) is 0 Å². The number of amides is 1. The van der Waals surface area contributed by atoms with E-state index < -0.39 is 37.0 Å². The van der Waals surface area contributed by atoms with E-state index in [9.17, 15) is 9.59 Å². The van der Waals surface area contributed by atoms with Gasteiger partial charge in [-0.25, -0.2) is 9.78 Å². The van der Waals surface area contributed by atoms with Gasteiger partial charge in [0.15, 0.2) is 0 Å². The third kappa shape index (κ3) is 3.36. The van der Waals surface area contributed by atoms with E-state index in [2.05, 4.69) is 10.3 Å². The van der Waals surface area contributed by atoms with Gasteiger partial charge in [-0.2, -0.15) is 0 Å². The molecule has 0 aliphatic carbocycles. The molecule has 8 heteroatoms. The summed E-state index contributed by atoms with van der Waals surface area (Å²) in [6.45, 7) is -2.16. The van der Waals surface area contributed by atoms with Gasteiger partial charge >= 0.3 is 5.69 Å². The van der Waals surface area contributed by atoms with Gasteiger partial charge in [0.1, 0.15) is 12.1 Å². The molecule has 0 bridgehead atoms. The Morgan fingerprint density at radius 2 is 1.94 bits per heavy atom. The lowest BCUT2D eigenvalue weighted by molar-refractivity contribution is -0.126. The second kappa shape index (κ2) is 6.24. The number of aliphatic hydroxyl groups excluding tert-OH is 3. The predicted molar refractivity (Wildman–Crippen MR) is 60.6 cm³/mol. The molecule has 0 fully saturated rings. The Balaban J connectivity index is 2.73. The summed E-state index contributed by atoms with van der Waals surface area (Å²) in [6.07, 6.45) is 2.68. The SMILES string of the molecule is O=C(Cn1cccnc1=O)NC(CO)(CO)CO. The molecule has 1 heterocycles. The lowest BCUT2D eigenvalue weighted by Crippen LogP contribution is -2.57. The molecular formula is C10H15N3O5. The minimum atomic E-state index is -1.50. The molecule has 4 N–H and O–H groups in total. The number of aliphatic hydroxyl groups is 3. The molecule has 0 saturated carbocycles. The number of aromatic nitrogens is 2. The fourth-order valence-electron chi connectivity index (χ4n) is 1.27. The highest BCUT2D eigenvalue weighted by Gasteiger charge is 2.29. The number of nitrogens with zero attached hydrogens (tertiary/aromatic N) is 2. The minimum Gasteiger partial charge on any atom is -0.394 e. The van der Waals surface area contributed by atoms with Crippen LogP contribution in [-0.4, -0.2) is 56.1 Å². The molecular weight excluding hydrogens is 242 g/mol. The standard InChI is InChI=1S/C10H15N3O5/c14-5-10(6-15,7-16)12-8(17)4-13-3-1-2-11-9(13)18/h1-3,14-16H,4-7H2,(H,12,17). The second-order valence-electron chi connectivity index (χ2n) is 3.83. The van der Waals surface area contributed by atoms with Crippen LogP contribution >= 0.6 is 0 Å². The van der Waals surface area contributed by atoms with Gasteiger partial charge in [0, 0.05) is 12.4 Å². The average molecular weight is 257 g/mol. The second-order valence-corrected chi connectivity index (χ2v) is 3.83. The summed E-state index contributed by atoms with van der Waals surface area (Å²) in [5, 5.41) is 29.4. The molecule has 0 saturated heterocycles. The van der Waals surface area contributed by atoms with Crippen molar-refractivity contribution in [3.05, 3.63) is 28.9 Å². The maximum absolute atomic E-state index is 11.6. The molecule has 0 spiro atoms. The van der Waals surface area contributed by atoms with Crippen LogP contribution in [0.5, 0.6) is 0 Å². The third-order valence-electron chi connectivity index (χ3n) is 2.41. The van der Waals surface area contributed by atoms with E-state index in [1.54, 1.807) is 0 Å². The molecule has 0 atom stereocenters. The zero-order valence-electron chi connectivity index (χ0n) is 9.61. The molecule has 100 valence electrons. The van der Waals surface area contributed by atoms with Crippen molar-refractivity contribution < 1.29 is 20.1 Å². The van der Waals surface area contributed by atoms with Gasteiger partial charge in [0.2, 0.25) is 5.91 Å². The smallest absolute Gasteiger partial charge is 0.347 e. The first-order chi connectivity index (χ1) is 8.56. The van der Waals surface area contributed by atoms with Gasteiger partial charge in [-0.3, -0.25) is 9.36 Å². The molecule has 18 heavy (non-hydrogen) atoms. The van der Waals surface area contributed by atoms with E-state index in [4.69, 9.17) is 15.3 Å². The molecule has 1 aromatic rings. The van der Waals surface area contributed by atoms with Crippen LogP contribution in [0, 0.1) is 0 Å². The van der Waals surface area contributed by atoms with Crippen molar-refractivity contribution in [3.63, 3.8) is 0 Å². The Bertz CT molecular complexity index is 447. The molecule has 0 radical (unpaired) electrons. The van der Waals surface area contributed by atoms with Crippen molar-refractivity contribution in [3.8, 4) is 0 Å². The summed E-state index contributed by atoms with van der Waals surface area (Å²) in [7, 11) is 0. The Labute approximate surface area is 103 Å². The van der Waals surface area contributed by atoms with E-state index in [1.165, 1.54) is 18.5 Å². The molecule has 1 amide bonds. The van der Waals surface area contributed by atoms with Crippen molar-refractivity contribution in [2.24, 2.45) is 0 Å². The van der Waals surface area contributed by atoms with Crippen LogP contribution in [-0.2, 0) is 11.3 Å². The number of carbonyl (C=O) groups is 1. The van der Waals surface area contributed by atoms with Crippen molar-refractivity contribution in [1.82, 2.24) is 14.9 Å². The fraction of sp³-hybridized carbons (Fsp3) is 0.500. The highest BCUT2D eigenvalue weighted by atomic mass is 16.3. The lowest BCUT2D eigenvalue weighted by atomic mass is 10.0. The number of hydrogen-bond donors (Lipinski definition) is 4. The Morgan fingerprint density at radius 3 is 2.44 bits per heavy atom. The Morgan fingerprint density at radius 1 is 1.33 bits per heavy atom. The number of rotatable bonds is 6.